The van der Waals surface area contributed by atoms with Gasteiger partial charge in [0.15, 0.2) is 6.29 Å². The smallest absolute Gasteiger partial charge is 0.306 e. The first-order valence-corrected chi connectivity index (χ1v) is 3.72. The van der Waals surface area contributed by atoms with Gasteiger partial charge in [0, 0.05) is 5.92 Å². The molecular formula is C7H12O4. The van der Waals surface area contributed by atoms with Gasteiger partial charge in [0.05, 0.1) is 5.92 Å². The van der Waals surface area contributed by atoms with E-state index in [0.717, 1.165) is 6.42 Å². The minimum Gasteiger partial charge on any atom is -0.481 e. The van der Waals surface area contributed by atoms with Crippen LogP contribution in [0.2, 0.25) is 0 Å². The number of hydrogen-bond donors (Lipinski definition) is 3. The summed E-state index contributed by atoms with van der Waals surface area (Å²) in [4.78, 5) is 10.5. The Morgan fingerprint density at radius 3 is 2.36 bits per heavy atom. The largest absolute Gasteiger partial charge is 0.481 e. The molecule has 1 aliphatic rings. The second-order valence-electron chi connectivity index (χ2n) is 2.95. The molecule has 4 nitrogen and oxygen atoms in total. The van der Waals surface area contributed by atoms with Gasteiger partial charge < -0.3 is 15.3 Å². The Morgan fingerprint density at radius 1 is 1.36 bits per heavy atom. The molecule has 4 heteroatoms. The number of hydrogen-bond acceptors (Lipinski definition) is 3. The van der Waals surface area contributed by atoms with Crippen molar-refractivity contribution in [2.24, 2.45) is 11.8 Å². The molecule has 0 amide bonds. The third-order valence-electron chi connectivity index (χ3n) is 2.27. The first-order valence-electron chi connectivity index (χ1n) is 3.72. The summed E-state index contributed by atoms with van der Waals surface area (Å²) in [6, 6.07) is 0. The van der Waals surface area contributed by atoms with Crippen LogP contribution in [0.4, 0.5) is 0 Å². The van der Waals surface area contributed by atoms with Crippen LogP contribution in [0.25, 0.3) is 0 Å². The molecule has 1 fully saturated rings. The average Bonchev–Trinajstić information content (AvgIpc) is 2.32. The Hall–Kier alpha value is -0.610. The molecule has 64 valence electrons. The molecular weight excluding hydrogens is 148 g/mol. The Bertz CT molecular complexity index is 155. The van der Waals surface area contributed by atoms with Gasteiger partial charge in [-0.3, -0.25) is 4.79 Å². The van der Waals surface area contributed by atoms with Crippen molar-refractivity contribution in [3.63, 3.8) is 0 Å². The van der Waals surface area contributed by atoms with Crippen LogP contribution in [-0.4, -0.2) is 27.6 Å². The van der Waals surface area contributed by atoms with E-state index in [-0.39, 0.29) is 0 Å². The van der Waals surface area contributed by atoms with Gasteiger partial charge in [-0.15, -0.1) is 0 Å². The van der Waals surface area contributed by atoms with E-state index in [9.17, 15) is 4.79 Å². The molecule has 1 rings (SSSR count). The molecule has 1 saturated carbocycles. The van der Waals surface area contributed by atoms with Crippen LogP contribution in [0.15, 0.2) is 0 Å². The summed E-state index contributed by atoms with van der Waals surface area (Å²) < 4.78 is 0. The standard InChI is InChI=1S/C7H12O4/c8-6(9)4-2-1-3-5(4)7(10)11/h4-6,8-9H,1-3H2,(H,10,11). The van der Waals surface area contributed by atoms with Crippen molar-refractivity contribution in [1.82, 2.24) is 0 Å². The number of carbonyl (C=O) groups is 1. The summed E-state index contributed by atoms with van der Waals surface area (Å²) in [5.74, 6) is -1.94. The predicted octanol–water partition coefficient (Wildman–Crippen LogP) is -0.202. The normalized spacial score (nSPS) is 31.2. The van der Waals surface area contributed by atoms with Crippen molar-refractivity contribution in [3.05, 3.63) is 0 Å². The van der Waals surface area contributed by atoms with E-state index in [1.54, 1.807) is 0 Å². The van der Waals surface area contributed by atoms with Gasteiger partial charge in [0.25, 0.3) is 0 Å². The van der Waals surface area contributed by atoms with Crippen LogP contribution in [0.3, 0.4) is 0 Å². The number of rotatable bonds is 2. The highest BCUT2D eigenvalue weighted by Crippen LogP contribution is 2.33. The lowest BCUT2D eigenvalue weighted by molar-refractivity contribution is -0.151. The minimum absolute atomic E-state index is 0.465. The summed E-state index contributed by atoms with van der Waals surface area (Å²) in [6.45, 7) is 0. The SMILES string of the molecule is O=C(O)C1CCCC1C(O)O. The third-order valence-corrected chi connectivity index (χ3v) is 2.27. The molecule has 0 bridgehead atoms. The van der Waals surface area contributed by atoms with E-state index in [1.165, 1.54) is 0 Å². The number of carboxylic acids is 1. The Kier molecular flexibility index (Phi) is 2.46. The molecule has 2 unspecified atom stereocenters. The molecule has 0 aliphatic heterocycles. The number of aliphatic hydroxyl groups excluding tert-OH is 1. The fourth-order valence-corrected chi connectivity index (χ4v) is 1.65. The van der Waals surface area contributed by atoms with Gasteiger partial charge in [-0.05, 0) is 12.8 Å². The second kappa shape index (κ2) is 3.19. The number of aliphatic hydroxyl groups is 2. The maximum absolute atomic E-state index is 10.5. The highest BCUT2D eigenvalue weighted by atomic mass is 16.5. The van der Waals surface area contributed by atoms with Crippen molar-refractivity contribution in [3.8, 4) is 0 Å². The monoisotopic (exact) mass is 160 g/mol. The van der Waals surface area contributed by atoms with Gasteiger partial charge in [-0.1, -0.05) is 6.42 Å². The fourth-order valence-electron chi connectivity index (χ4n) is 1.65. The highest BCUT2D eigenvalue weighted by Gasteiger charge is 2.36. The van der Waals surface area contributed by atoms with Gasteiger partial charge in [-0.25, -0.2) is 0 Å². The van der Waals surface area contributed by atoms with Crippen LogP contribution in [0.1, 0.15) is 19.3 Å². The van der Waals surface area contributed by atoms with E-state index in [1.807, 2.05) is 0 Å². The minimum atomic E-state index is -1.47. The molecule has 2 atom stereocenters. The zero-order valence-corrected chi connectivity index (χ0v) is 6.10. The van der Waals surface area contributed by atoms with Crippen LogP contribution < -0.4 is 0 Å². The van der Waals surface area contributed by atoms with Crippen molar-refractivity contribution < 1.29 is 20.1 Å². The predicted molar refractivity (Wildman–Crippen MR) is 36.7 cm³/mol. The van der Waals surface area contributed by atoms with Crippen LogP contribution in [-0.2, 0) is 4.79 Å². The highest BCUT2D eigenvalue weighted by molar-refractivity contribution is 5.70. The van der Waals surface area contributed by atoms with E-state index in [4.69, 9.17) is 15.3 Å². The van der Waals surface area contributed by atoms with E-state index >= 15 is 0 Å². The van der Waals surface area contributed by atoms with E-state index in [2.05, 4.69) is 0 Å². The molecule has 11 heavy (non-hydrogen) atoms. The Morgan fingerprint density at radius 2 is 2.00 bits per heavy atom. The molecule has 0 aromatic rings. The summed E-state index contributed by atoms with van der Waals surface area (Å²) in [7, 11) is 0. The molecule has 3 N–H and O–H groups in total. The summed E-state index contributed by atoms with van der Waals surface area (Å²) in [5, 5.41) is 26.1. The van der Waals surface area contributed by atoms with Gasteiger partial charge in [-0.2, -0.15) is 0 Å². The first-order chi connectivity index (χ1) is 5.13. The van der Waals surface area contributed by atoms with Gasteiger partial charge in [0.1, 0.15) is 0 Å². The molecule has 0 aromatic heterocycles. The van der Waals surface area contributed by atoms with Crippen molar-refractivity contribution in [1.29, 1.82) is 0 Å². The second-order valence-corrected chi connectivity index (χ2v) is 2.95. The van der Waals surface area contributed by atoms with Crippen molar-refractivity contribution in [2.45, 2.75) is 25.6 Å². The lowest BCUT2D eigenvalue weighted by atomic mass is 9.96. The lowest BCUT2D eigenvalue weighted by Gasteiger charge is -2.16. The summed E-state index contributed by atoms with van der Waals surface area (Å²) in [5.41, 5.74) is 0. The van der Waals surface area contributed by atoms with Crippen LogP contribution in [0, 0.1) is 11.8 Å². The molecule has 0 saturated heterocycles. The van der Waals surface area contributed by atoms with Crippen molar-refractivity contribution in [2.75, 3.05) is 0 Å². The number of aliphatic carboxylic acids is 1. The van der Waals surface area contributed by atoms with Crippen LogP contribution in [0.5, 0.6) is 0 Å². The first kappa shape index (κ1) is 8.49. The molecule has 0 spiro atoms. The van der Waals surface area contributed by atoms with Crippen LogP contribution >= 0.6 is 0 Å². The molecule has 1 aliphatic carbocycles. The fraction of sp³-hybridized carbons (Fsp3) is 0.857. The number of carboxylic acid groups (broad SMARTS) is 1. The molecule has 0 heterocycles. The van der Waals surface area contributed by atoms with Crippen molar-refractivity contribution >= 4 is 5.97 Å². The summed E-state index contributed by atoms with van der Waals surface area (Å²) in [6.07, 6.45) is 0.476. The van der Waals surface area contributed by atoms with E-state index in [0.29, 0.717) is 12.8 Å². The molecule has 0 radical (unpaired) electrons. The lowest BCUT2D eigenvalue weighted by Crippen LogP contribution is -2.28. The maximum atomic E-state index is 10.5. The maximum Gasteiger partial charge on any atom is 0.306 e. The molecule has 0 aromatic carbocycles. The quantitative estimate of drug-likeness (QED) is 0.489. The van der Waals surface area contributed by atoms with Gasteiger partial charge in [0.2, 0.25) is 0 Å². The van der Waals surface area contributed by atoms with E-state index < -0.39 is 24.1 Å². The zero-order chi connectivity index (χ0) is 8.43. The van der Waals surface area contributed by atoms with Gasteiger partial charge >= 0.3 is 5.97 Å². The third kappa shape index (κ3) is 1.70. The average molecular weight is 160 g/mol. The Balaban J connectivity index is 2.58. The Labute approximate surface area is 64.5 Å². The summed E-state index contributed by atoms with van der Waals surface area (Å²) >= 11 is 0. The topological polar surface area (TPSA) is 77.8 Å². The zero-order valence-electron chi connectivity index (χ0n) is 6.10.